The van der Waals surface area contributed by atoms with Crippen molar-refractivity contribution in [3.63, 3.8) is 0 Å². The molecule has 0 unspecified atom stereocenters. The van der Waals surface area contributed by atoms with Crippen molar-refractivity contribution in [1.82, 2.24) is 4.98 Å². The Balaban J connectivity index is 1.91. The fourth-order valence-corrected chi connectivity index (χ4v) is 3.56. The van der Waals surface area contributed by atoms with Crippen LogP contribution in [0.1, 0.15) is 28.4 Å². The standard InChI is InChI=1S/C24H25FN2O5S/c1-15(14-29-2)32-21-10-16(5-6-17-8-19(30-3)12-20(9-17)31-4)7-18(11-21)23(28)27-24-26-13-22(25)33-24/h5-13,15H,14H2,1-4H3,(H,26,27,28)/b6-5+/t15-/m0/s1. The minimum atomic E-state index is -0.479. The highest BCUT2D eigenvalue weighted by molar-refractivity contribution is 7.14. The van der Waals surface area contributed by atoms with Crippen molar-refractivity contribution in [2.75, 3.05) is 33.3 Å². The molecule has 7 nitrogen and oxygen atoms in total. The zero-order valence-electron chi connectivity index (χ0n) is 18.8. The van der Waals surface area contributed by atoms with Gasteiger partial charge in [0.25, 0.3) is 5.91 Å². The molecule has 9 heteroatoms. The third-order valence-corrected chi connectivity index (χ3v) is 5.17. The van der Waals surface area contributed by atoms with E-state index in [9.17, 15) is 9.18 Å². The lowest BCUT2D eigenvalue weighted by Gasteiger charge is -2.15. The first kappa shape index (κ1) is 24.2. The normalized spacial score (nSPS) is 11.9. The zero-order valence-corrected chi connectivity index (χ0v) is 19.6. The van der Waals surface area contributed by atoms with Gasteiger partial charge < -0.3 is 18.9 Å². The number of hydrogen-bond acceptors (Lipinski definition) is 7. The molecule has 3 rings (SSSR count). The van der Waals surface area contributed by atoms with Crippen LogP contribution in [-0.2, 0) is 4.74 Å². The lowest BCUT2D eigenvalue weighted by Crippen LogP contribution is -2.18. The average Bonchev–Trinajstić information content (AvgIpc) is 3.21. The van der Waals surface area contributed by atoms with E-state index in [1.54, 1.807) is 39.5 Å². The van der Waals surface area contributed by atoms with E-state index in [1.165, 1.54) is 0 Å². The Morgan fingerprint density at radius 3 is 2.24 bits per heavy atom. The number of carbonyl (C=O) groups excluding carboxylic acids is 1. The molecule has 174 valence electrons. The van der Waals surface area contributed by atoms with E-state index in [4.69, 9.17) is 18.9 Å². The summed E-state index contributed by atoms with van der Waals surface area (Å²) in [6.45, 7) is 2.26. The van der Waals surface area contributed by atoms with E-state index >= 15 is 0 Å². The first-order chi connectivity index (χ1) is 15.9. The van der Waals surface area contributed by atoms with Crippen LogP contribution in [0, 0.1) is 5.13 Å². The van der Waals surface area contributed by atoms with Gasteiger partial charge in [0, 0.05) is 18.7 Å². The first-order valence-electron chi connectivity index (χ1n) is 10.0. The molecule has 0 fully saturated rings. The Kier molecular flexibility index (Phi) is 8.39. The summed E-state index contributed by atoms with van der Waals surface area (Å²) in [6, 6.07) is 10.7. The number of methoxy groups -OCH3 is 3. The maximum Gasteiger partial charge on any atom is 0.257 e. The van der Waals surface area contributed by atoms with Gasteiger partial charge >= 0.3 is 0 Å². The molecule has 1 aromatic heterocycles. The molecule has 3 aromatic rings. The summed E-state index contributed by atoms with van der Waals surface area (Å²) in [6.07, 6.45) is 4.56. The number of thiazole rings is 1. The Hall–Kier alpha value is -3.43. The van der Waals surface area contributed by atoms with Crippen molar-refractivity contribution in [2.24, 2.45) is 0 Å². The van der Waals surface area contributed by atoms with Crippen molar-refractivity contribution in [1.29, 1.82) is 0 Å². The van der Waals surface area contributed by atoms with Gasteiger partial charge in [-0.15, -0.1) is 0 Å². The second-order valence-corrected chi connectivity index (χ2v) is 8.06. The van der Waals surface area contributed by atoms with Crippen molar-refractivity contribution >= 4 is 34.5 Å². The van der Waals surface area contributed by atoms with Crippen molar-refractivity contribution in [3.05, 3.63) is 64.4 Å². The number of ether oxygens (including phenoxy) is 4. The third kappa shape index (κ3) is 7.03. The number of amides is 1. The van der Waals surface area contributed by atoms with Crippen LogP contribution in [0.3, 0.4) is 0 Å². The van der Waals surface area contributed by atoms with Gasteiger partial charge in [-0.3, -0.25) is 10.1 Å². The van der Waals surface area contributed by atoms with E-state index in [2.05, 4.69) is 10.3 Å². The molecular formula is C24H25FN2O5S. The van der Waals surface area contributed by atoms with Crippen LogP contribution in [0.5, 0.6) is 17.2 Å². The molecule has 1 atom stereocenters. The van der Waals surface area contributed by atoms with Crippen LogP contribution < -0.4 is 19.5 Å². The summed E-state index contributed by atoms with van der Waals surface area (Å²) in [5, 5.41) is 2.31. The van der Waals surface area contributed by atoms with Gasteiger partial charge in [-0.2, -0.15) is 4.39 Å². The number of anilines is 1. The van der Waals surface area contributed by atoms with Crippen LogP contribution in [0.25, 0.3) is 12.2 Å². The van der Waals surface area contributed by atoms with Crippen LogP contribution in [-0.4, -0.2) is 44.9 Å². The second kappa shape index (κ2) is 11.4. The number of nitrogens with zero attached hydrogens (tertiary/aromatic N) is 1. The summed E-state index contributed by atoms with van der Waals surface area (Å²) in [4.78, 5) is 16.6. The van der Waals surface area contributed by atoms with E-state index in [1.807, 2.05) is 37.3 Å². The Bertz CT molecular complexity index is 1110. The topological polar surface area (TPSA) is 78.9 Å². The molecule has 0 radical (unpaired) electrons. The molecule has 0 spiro atoms. The van der Waals surface area contributed by atoms with Gasteiger partial charge in [0.15, 0.2) is 10.3 Å². The van der Waals surface area contributed by atoms with Gasteiger partial charge in [0.2, 0.25) is 0 Å². The number of carbonyl (C=O) groups is 1. The van der Waals surface area contributed by atoms with Crippen LogP contribution in [0.15, 0.2) is 42.6 Å². The summed E-state index contributed by atoms with van der Waals surface area (Å²) < 4.78 is 34.9. The molecule has 2 aromatic carbocycles. The predicted molar refractivity (Wildman–Crippen MR) is 127 cm³/mol. The Morgan fingerprint density at radius 1 is 1.03 bits per heavy atom. The highest BCUT2D eigenvalue weighted by Crippen LogP contribution is 2.26. The number of rotatable bonds is 10. The molecule has 1 N–H and O–H groups in total. The Labute approximate surface area is 195 Å². The van der Waals surface area contributed by atoms with E-state index in [-0.39, 0.29) is 11.2 Å². The monoisotopic (exact) mass is 472 g/mol. The molecule has 0 saturated heterocycles. The quantitative estimate of drug-likeness (QED) is 0.412. The average molecular weight is 473 g/mol. The summed E-state index contributed by atoms with van der Waals surface area (Å²) in [5.74, 6) is 1.40. The summed E-state index contributed by atoms with van der Waals surface area (Å²) >= 11 is 0.756. The maximum absolute atomic E-state index is 13.2. The lowest BCUT2D eigenvalue weighted by atomic mass is 10.1. The van der Waals surface area contributed by atoms with Crippen molar-refractivity contribution in [3.8, 4) is 17.2 Å². The molecule has 0 aliphatic heterocycles. The number of hydrogen-bond donors (Lipinski definition) is 1. The smallest absolute Gasteiger partial charge is 0.257 e. The third-order valence-electron chi connectivity index (χ3n) is 4.47. The molecule has 0 bridgehead atoms. The predicted octanol–water partition coefficient (Wildman–Crippen LogP) is 5.14. The van der Waals surface area contributed by atoms with Gasteiger partial charge in [0.05, 0.1) is 27.0 Å². The molecule has 0 aliphatic carbocycles. The van der Waals surface area contributed by atoms with E-state index in [0.29, 0.717) is 29.4 Å². The molecule has 0 saturated carbocycles. The van der Waals surface area contributed by atoms with Crippen LogP contribution >= 0.6 is 11.3 Å². The molecular weight excluding hydrogens is 447 g/mol. The fourth-order valence-electron chi connectivity index (χ4n) is 3.02. The second-order valence-electron chi connectivity index (χ2n) is 7.08. The van der Waals surface area contributed by atoms with Crippen LogP contribution in [0.2, 0.25) is 0 Å². The SMILES string of the molecule is COC[C@H](C)Oc1cc(/C=C/c2cc(OC)cc(OC)c2)cc(C(=O)Nc2ncc(F)s2)c1. The lowest BCUT2D eigenvalue weighted by molar-refractivity contribution is 0.0917. The summed E-state index contributed by atoms with van der Waals surface area (Å²) in [7, 11) is 4.76. The number of nitrogens with one attached hydrogen (secondary N) is 1. The molecule has 1 amide bonds. The minimum absolute atomic E-state index is 0.178. The highest BCUT2D eigenvalue weighted by atomic mass is 32.1. The van der Waals surface area contributed by atoms with Gasteiger partial charge in [0.1, 0.15) is 23.4 Å². The number of aromatic nitrogens is 1. The largest absolute Gasteiger partial charge is 0.497 e. The first-order valence-corrected chi connectivity index (χ1v) is 10.9. The zero-order chi connectivity index (χ0) is 23.8. The van der Waals surface area contributed by atoms with Gasteiger partial charge in [-0.25, -0.2) is 4.98 Å². The fraction of sp³-hybridized carbons (Fsp3) is 0.250. The van der Waals surface area contributed by atoms with Crippen LogP contribution in [0.4, 0.5) is 9.52 Å². The highest BCUT2D eigenvalue weighted by Gasteiger charge is 2.13. The van der Waals surface area contributed by atoms with Gasteiger partial charge in [-0.1, -0.05) is 23.5 Å². The van der Waals surface area contributed by atoms with E-state index in [0.717, 1.165) is 28.7 Å². The number of benzene rings is 2. The summed E-state index contributed by atoms with van der Waals surface area (Å²) in [5.41, 5.74) is 1.93. The van der Waals surface area contributed by atoms with Crippen molar-refractivity contribution in [2.45, 2.75) is 13.0 Å². The molecule has 1 heterocycles. The number of halogens is 1. The van der Waals surface area contributed by atoms with Crippen molar-refractivity contribution < 1.29 is 28.1 Å². The van der Waals surface area contributed by atoms with E-state index < -0.39 is 11.0 Å². The Morgan fingerprint density at radius 2 is 1.67 bits per heavy atom. The van der Waals surface area contributed by atoms with Gasteiger partial charge in [-0.05, 0) is 48.4 Å². The maximum atomic E-state index is 13.2. The molecule has 33 heavy (non-hydrogen) atoms. The minimum Gasteiger partial charge on any atom is -0.497 e. The molecule has 0 aliphatic rings.